The van der Waals surface area contributed by atoms with Crippen LogP contribution in [0.25, 0.3) is 0 Å². The molecule has 0 aliphatic rings. The van der Waals surface area contributed by atoms with Crippen LogP contribution in [0, 0.1) is 5.82 Å². The van der Waals surface area contributed by atoms with Crippen molar-refractivity contribution >= 4 is 11.8 Å². The van der Waals surface area contributed by atoms with Gasteiger partial charge in [-0.25, -0.2) is 4.39 Å². The molecule has 0 spiro atoms. The number of ether oxygens (including phenoxy) is 1. The van der Waals surface area contributed by atoms with E-state index in [1.807, 2.05) is 20.0 Å². The Balaban J connectivity index is 2.79. The molecule has 0 aliphatic heterocycles. The topological polar surface area (TPSA) is 21.3 Å². The molecule has 1 aromatic carbocycles. The molecule has 0 saturated carbocycles. The second kappa shape index (κ2) is 7.56. The van der Waals surface area contributed by atoms with E-state index in [9.17, 15) is 4.39 Å². The highest BCUT2D eigenvalue weighted by Gasteiger charge is 2.11. The van der Waals surface area contributed by atoms with E-state index in [4.69, 9.17) is 4.74 Å². The minimum Gasteiger partial charge on any atom is -0.491 e. The van der Waals surface area contributed by atoms with Crippen LogP contribution in [-0.4, -0.2) is 25.7 Å². The molecule has 1 unspecified atom stereocenters. The summed E-state index contributed by atoms with van der Waals surface area (Å²) in [6.07, 6.45) is 3.07. The van der Waals surface area contributed by atoms with Gasteiger partial charge in [-0.15, -0.1) is 0 Å². The van der Waals surface area contributed by atoms with Gasteiger partial charge in [-0.05, 0) is 50.1 Å². The lowest BCUT2D eigenvalue weighted by atomic mass is 10.0. The van der Waals surface area contributed by atoms with Gasteiger partial charge in [0, 0.05) is 6.04 Å². The molecular formula is C13H20FNOS. The molecule has 0 fully saturated rings. The van der Waals surface area contributed by atoms with Gasteiger partial charge >= 0.3 is 0 Å². The normalized spacial score (nSPS) is 12.5. The predicted molar refractivity (Wildman–Crippen MR) is 72.4 cm³/mol. The number of hydrogen-bond acceptors (Lipinski definition) is 3. The molecule has 96 valence electrons. The van der Waals surface area contributed by atoms with E-state index in [0.717, 1.165) is 17.7 Å². The third-order valence-electron chi connectivity index (χ3n) is 2.62. The van der Waals surface area contributed by atoms with Gasteiger partial charge in [-0.3, -0.25) is 0 Å². The van der Waals surface area contributed by atoms with Crippen LogP contribution in [0.2, 0.25) is 0 Å². The van der Waals surface area contributed by atoms with E-state index >= 15 is 0 Å². The molecule has 1 aromatic rings. The largest absolute Gasteiger partial charge is 0.491 e. The summed E-state index contributed by atoms with van der Waals surface area (Å²) in [6, 6.07) is 5.40. The van der Waals surface area contributed by atoms with Gasteiger partial charge in [0.15, 0.2) is 11.6 Å². The average molecular weight is 257 g/mol. The maximum atomic E-state index is 13.7. The fourth-order valence-corrected chi connectivity index (χ4v) is 2.19. The summed E-state index contributed by atoms with van der Waals surface area (Å²) in [7, 11) is 1.90. The lowest BCUT2D eigenvalue weighted by molar-refractivity contribution is 0.321. The van der Waals surface area contributed by atoms with E-state index in [0.29, 0.717) is 12.4 Å². The Morgan fingerprint density at radius 1 is 1.47 bits per heavy atom. The number of thioether (sulfide) groups is 1. The zero-order valence-electron chi connectivity index (χ0n) is 10.6. The molecule has 1 atom stereocenters. The van der Waals surface area contributed by atoms with Crippen LogP contribution in [0.4, 0.5) is 4.39 Å². The van der Waals surface area contributed by atoms with Crippen LogP contribution in [0.1, 0.15) is 24.9 Å². The standard InChI is InChI=1S/C13H20FNOS/c1-4-16-13-6-5-10(9-11(13)14)12(15-2)7-8-17-3/h5-6,9,12,15H,4,7-8H2,1-3H3. The summed E-state index contributed by atoms with van der Waals surface area (Å²) in [6.45, 7) is 2.33. The number of halogens is 1. The first-order valence-electron chi connectivity index (χ1n) is 5.81. The highest BCUT2D eigenvalue weighted by molar-refractivity contribution is 7.98. The SMILES string of the molecule is CCOc1ccc(C(CCSC)NC)cc1F. The Kier molecular flexibility index (Phi) is 6.37. The number of benzene rings is 1. The fourth-order valence-electron chi connectivity index (χ4n) is 1.72. The second-order valence-electron chi connectivity index (χ2n) is 3.75. The van der Waals surface area contributed by atoms with Crippen LogP contribution >= 0.6 is 11.8 Å². The molecule has 2 nitrogen and oxygen atoms in total. The lowest BCUT2D eigenvalue weighted by Crippen LogP contribution is -2.17. The van der Waals surface area contributed by atoms with Crippen LogP contribution in [0.5, 0.6) is 5.75 Å². The minimum absolute atomic E-state index is 0.202. The Morgan fingerprint density at radius 3 is 2.76 bits per heavy atom. The summed E-state index contributed by atoms with van der Waals surface area (Å²) >= 11 is 1.80. The molecule has 0 amide bonds. The predicted octanol–water partition coefficient (Wildman–Crippen LogP) is 3.24. The maximum absolute atomic E-state index is 13.7. The van der Waals surface area contributed by atoms with Crippen molar-refractivity contribution in [2.45, 2.75) is 19.4 Å². The summed E-state index contributed by atoms with van der Waals surface area (Å²) in [5.74, 6) is 1.10. The molecule has 1 N–H and O–H groups in total. The highest BCUT2D eigenvalue weighted by Crippen LogP contribution is 2.24. The molecular weight excluding hydrogens is 237 g/mol. The van der Waals surface area contributed by atoms with E-state index < -0.39 is 0 Å². The van der Waals surface area contributed by atoms with E-state index in [1.54, 1.807) is 23.9 Å². The molecule has 17 heavy (non-hydrogen) atoms. The first kappa shape index (κ1) is 14.3. The number of rotatable bonds is 7. The van der Waals surface area contributed by atoms with Crippen LogP contribution < -0.4 is 10.1 Å². The van der Waals surface area contributed by atoms with Crippen molar-refractivity contribution in [3.05, 3.63) is 29.6 Å². The molecule has 0 aromatic heterocycles. The van der Waals surface area contributed by atoms with Gasteiger partial charge in [-0.2, -0.15) is 11.8 Å². The first-order chi connectivity index (χ1) is 8.22. The molecule has 0 bridgehead atoms. The zero-order chi connectivity index (χ0) is 12.7. The van der Waals surface area contributed by atoms with Crippen molar-refractivity contribution in [1.29, 1.82) is 0 Å². The summed E-state index contributed by atoms with van der Waals surface area (Å²) < 4.78 is 18.9. The summed E-state index contributed by atoms with van der Waals surface area (Å²) in [5.41, 5.74) is 0.975. The average Bonchev–Trinajstić information content (AvgIpc) is 2.33. The van der Waals surface area contributed by atoms with E-state index in [1.165, 1.54) is 0 Å². The third-order valence-corrected chi connectivity index (χ3v) is 3.26. The van der Waals surface area contributed by atoms with Crippen LogP contribution in [0.3, 0.4) is 0 Å². The molecule has 0 aliphatic carbocycles. The van der Waals surface area contributed by atoms with Crippen molar-refractivity contribution < 1.29 is 9.13 Å². The maximum Gasteiger partial charge on any atom is 0.165 e. The van der Waals surface area contributed by atoms with Crippen molar-refractivity contribution in [3.63, 3.8) is 0 Å². The monoisotopic (exact) mass is 257 g/mol. The smallest absolute Gasteiger partial charge is 0.165 e. The Hall–Kier alpha value is -0.740. The Labute approximate surface area is 107 Å². The molecule has 0 radical (unpaired) electrons. The quantitative estimate of drug-likeness (QED) is 0.810. The highest BCUT2D eigenvalue weighted by atomic mass is 32.2. The van der Waals surface area contributed by atoms with E-state index in [-0.39, 0.29) is 11.9 Å². The summed E-state index contributed by atoms with van der Waals surface area (Å²) in [5, 5.41) is 3.21. The van der Waals surface area contributed by atoms with Crippen molar-refractivity contribution in [2.24, 2.45) is 0 Å². The van der Waals surface area contributed by atoms with Gasteiger partial charge in [0.25, 0.3) is 0 Å². The molecule has 0 heterocycles. The first-order valence-corrected chi connectivity index (χ1v) is 7.20. The van der Waals surface area contributed by atoms with Gasteiger partial charge in [-0.1, -0.05) is 6.07 Å². The van der Waals surface area contributed by atoms with Gasteiger partial charge in [0.2, 0.25) is 0 Å². The van der Waals surface area contributed by atoms with E-state index in [2.05, 4.69) is 11.6 Å². The Bertz CT molecular complexity index is 346. The van der Waals surface area contributed by atoms with Gasteiger partial charge in [0.1, 0.15) is 0 Å². The number of nitrogens with one attached hydrogen (secondary N) is 1. The summed E-state index contributed by atoms with van der Waals surface area (Å²) in [4.78, 5) is 0. The van der Waals surface area contributed by atoms with Crippen molar-refractivity contribution in [1.82, 2.24) is 5.32 Å². The fraction of sp³-hybridized carbons (Fsp3) is 0.538. The minimum atomic E-state index is -0.284. The Morgan fingerprint density at radius 2 is 2.24 bits per heavy atom. The lowest BCUT2D eigenvalue weighted by Gasteiger charge is -2.17. The zero-order valence-corrected chi connectivity index (χ0v) is 11.4. The number of hydrogen-bond donors (Lipinski definition) is 1. The molecule has 1 rings (SSSR count). The van der Waals surface area contributed by atoms with Crippen LogP contribution in [-0.2, 0) is 0 Å². The van der Waals surface area contributed by atoms with Gasteiger partial charge < -0.3 is 10.1 Å². The molecule has 4 heteroatoms. The van der Waals surface area contributed by atoms with Gasteiger partial charge in [0.05, 0.1) is 6.61 Å². The molecule has 0 saturated heterocycles. The van der Waals surface area contributed by atoms with Crippen molar-refractivity contribution in [3.8, 4) is 5.75 Å². The third kappa shape index (κ3) is 4.21. The van der Waals surface area contributed by atoms with Crippen LogP contribution in [0.15, 0.2) is 18.2 Å². The van der Waals surface area contributed by atoms with Crippen molar-refractivity contribution in [2.75, 3.05) is 25.7 Å². The second-order valence-corrected chi connectivity index (χ2v) is 4.73.